The van der Waals surface area contributed by atoms with Crippen LogP contribution in [-0.2, 0) is 0 Å². The summed E-state index contributed by atoms with van der Waals surface area (Å²) in [6.07, 6.45) is 0. The van der Waals surface area contributed by atoms with E-state index in [1.807, 2.05) is 5.51 Å². The van der Waals surface area contributed by atoms with Crippen LogP contribution in [-0.4, -0.2) is 9.97 Å². The molecule has 3 aromatic heterocycles. The zero-order valence-corrected chi connectivity index (χ0v) is 11.0. The highest BCUT2D eigenvalue weighted by Gasteiger charge is 2.08. The highest BCUT2D eigenvalue weighted by Crippen LogP contribution is 2.35. The fourth-order valence-corrected chi connectivity index (χ4v) is 4.25. The van der Waals surface area contributed by atoms with E-state index in [4.69, 9.17) is 4.98 Å². The Morgan fingerprint density at radius 3 is 2.82 bits per heavy atom. The molecule has 0 fully saturated rings. The first-order chi connectivity index (χ1) is 8.40. The van der Waals surface area contributed by atoms with E-state index >= 15 is 0 Å². The smallest absolute Gasteiger partial charge is 0.134 e. The van der Waals surface area contributed by atoms with Gasteiger partial charge in [0.2, 0.25) is 0 Å². The van der Waals surface area contributed by atoms with Crippen LogP contribution in [0.15, 0.2) is 35.2 Å². The largest absolute Gasteiger partial charge is 0.245 e. The molecule has 4 aromatic rings. The normalized spacial score (nSPS) is 11.5. The van der Waals surface area contributed by atoms with Gasteiger partial charge in [-0.05, 0) is 23.6 Å². The van der Waals surface area contributed by atoms with E-state index in [0.29, 0.717) is 0 Å². The lowest BCUT2D eigenvalue weighted by Gasteiger charge is -1.86. The van der Waals surface area contributed by atoms with Crippen LogP contribution in [0.3, 0.4) is 0 Å². The summed E-state index contributed by atoms with van der Waals surface area (Å²) >= 11 is 5.13. The number of hydrogen-bond acceptors (Lipinski definition) is 5. The van der Waals surface area contributed by atoms with Crippen LogP contribution in [0, 0.1) is 0 Å². The summed E-state index contributed by atoms with van der Waals surface area (Å²) in [5, 5.41) is 3.19. The van der Waals surface area contributed by atoms with Crippen LogP contribution < -0.4 is 0 Å². The molecule has 0 spiro atoms. The van der Waals surface area contributed by atoms with Gasteiger partial charge in [-0.1, -0.05) is 6.07 Å². The molecule has 0 bridgehead atoms. The average Bonchev–Trinajstić information content (AvgIpc) is 3.05. The lowest BCUT2D eigenvalue weighted by Crippen LogP contribution is -1.70. The van der Waals surface area contributed by atoms with E-state index in [1.165, 1.54) is 14.3 Å². The van der Waals surface area contributed by atoms with Gasteiger partial charge in [0.15, 0.2) is 0 Å². The minimum Gasteiger partial charge on any atom is -0.245 e. The Morgan fingerprint density at radius 1 is 1.00 bits per heavy atom. The summed E-state index contributed by atoms with van der Waals surface area (Å²) in [7, 11) is 0. The van der Waals surface area contributed by atoms with E-state index in [1.54, 1.807) is 34.0 Å². The van der Waals surface area contributed by atoms with Gasteiger partial charge in [0.05, 0.1) is 30.8 Å². The molecule has 5 heteroatoms. The maximum atomic E-state index is 4.69. The molecule has 0 aliphatic rings. The number of aromatic nitrogens is 2. The number of benzene rings is 1. The topological polar surface area (TPSA) is 25.8 Å². The highest BCUT2D eigenvalue weighted by molar-refractivity contribution is 7.25. The molecule has 0 saturated carbocycles. The first-order valence-electron chi connectivity index (χ1n) is 5.08. The highest BCUT2D eigenvalue weighted by atomic mass is 32.1. The molecule has 17 heavy (non-hydrogen) atoms. The molecule has 3 heterocycles. The van der Waals surface area contributed by atoms with E-state index in [0.717, 1.165) is 16.0 Å². The van der Waals surface area contributed by atoms with E-state index in [2.05, 4.69) is 34.6 Å². The van der Waals surface area contributed by atoms with Crippen molar-refractivity contribution in [3.05, 3.63) is 35.2 Å². The number of nitrogens with zero attached hydrogens (tertiary/aromatic N) is 2. The SMILES string of the molecule is c1csc(-c2nc3cc4scnc4cc3s2)c1. The summed E-state index contributed by atoms with van der Waals surface area (Å²) in [6.45, 7) is 0. The molecule has 0 aliphatic carbocycles. The van der Waals surface area contributed by atoms with E-state index < -0.39 is 0 Å². The van der Waals surface area contributed by atoms with Crippen LogP contribution in [0.25, 0.3) is 30.3 Å². The molecular weight excluding hydrogens is 268 g/mol. The third kappa shape index (κ3) is 1.50. The van der Waals surface area contributed by atoms with E-state index in [9.17, 15) is 0 Å². The van der Waals surface area contributed by atoms with Crippen molar-refractivity contribution < 1.29 is 0 Å². The second kappa shape index (κ2) is 3.60. The van der Waals surface area contributed by atoms with Crippen molar-refractivity contribution >= 4 is 54.4 Å². The number of thiophene rings is 1. The molecule has 1 aromatic carbocycles. The first kappa shape index (κ1) is 9.70. The average molecular weight is 274 g/mol. The van der Waals surface area contributed by atoms with Gasteiger partial charge in [-0.2, -0.15) is 0 Å². The zero-order chi connectivity index (χ0) is 11.2. The summed E-state index contributed by atoms with van der Waals surface area (Å²) < 4.78 is 2.42. The second-order valence-electron chi connectivity index (χ2n) is 3.64. The summed E-state index contributed by atoms with van der Waals surface area (Å²) in [5.41, 5.74) is 4.04. The molecule has 0 aliphatic heterocycles. The Hall–Kier alpha value is -1.30. The Morgan fingerprint density at radius 2 is 1.94 bits per heavy atom. The van der Waals surface area contributed by atoms with Gasteiger partial charge >= 0.3 is 0 Å². The first-order valence-corrected chi connectivity index (χ1v) is 7.65. The molecule has 0 N–H and O–H groups in total. The van der Waals surface area contributed by atoms with Gasteiger partial charge in [0, 0.05) is 0 Å². The molecule has 0 atom stereocenters. The van der Waals surface area contributed by atoms with Gasteiger partial charge in [-0.15, -0.1) is 34.0 Å². The molecule has 0 saturated heterocycles. The van der Waals surface area contributed by atoms with Crippen molar-refractivity contribution in [3.8, 4) is 9.88 Å². The number of hydrogen-bond donors (Lipinski definition) is 0. The Kier molecular flexibility index (Phi) is 2.05. The van der Waals surface area contributed by atoms with Crippen molar-refractivity contribution in [2.75, 3.05) is 0 Å². The monoisotopic (exact) mass is 274 g/mol. The molecule has 82 valence electrons. The van der Waals surface area contributed by atoms with Crippen LogP contribution in [0.5, 0.6) is 0 Å². The van der Waals surface area contributed by atoms with Crippen molar-refractivity contribution in [1.82, 2.24) is 9.97 Å². The fraction of sp³-hybridized carbons (Fsp3) is 0. The predicted octanol–water partition coefficient (Wildman–Crippen LogP) is 4.63. The quantitative estimate of drug-likeness (QED) is 0.505. The molecule has 2 nitrogen and oxygen atoms in total. The van der Waals surface area contributed by atoms with E-state index in [-0.39, 0.29) is 0 Å². The second-order valence-corrected chi connectivity index (χ2v) is 6.50. The number of thiazole rings is 2. The minimum absolute atomic E-state index is 1.07. The predicted molar refractivity (Wildman–Crippen MR) is 76.1 cm³/mol. The van der Waals surface area contributed by atoms with Crippen molar-refractivity contribution in [2.24, 2.45) is 0 Å². The van der Waals surface area contributed by atoms with Crippen molar-refractivity contribution in [3.63, 3.8) is 0 Å². The molecule has 0 amide bonds. The Bertz CT molecular complexity index is 748. The minimum atomic E-state index is 1.07. The number of rotatable bonds is 1. The Labute approximate surface area is 109 Å². The third-order valence-corrected chi connectivity index (χ3v) is 5.42. The van der Waals surface area contributed by atoms with Gasteiger partial charge in [0.1, 0.15) is 5.01 Å². The van der Waals surface area contributed by atoms with Gasteiger partial charge in [-0.3, -0.25) is 0 Å². The maximum absolute atomic E-state index is 4.69. The van der Waals surface area contributed by atoms with Crippen LogP contribution in [0.2, 0.25) is 0 Å². The standard InChI is InChI=1S/C12H6N2S3/c1-2-9(15-3-1)12-14-8-5-10-7(13-6-16-10)4-11(8)17-12/h1-6H. The van der Waals surface area contributed by atoms with Crippen LogP contribution in [0.4, 0.5) is 0 Å². The lowest BCUT2D eigenvalue weighted by molar-refractivity contribution is 1.49. The third-order valence-electron chi connectivity index (χ3n) is 2.57. The van der Waals surface area contributed by atoms with Gasteiger partial charge in [-0.25, -0.2) is 9.97 Å². The lowest BCUT2D eigenvalue weighted by atomic mass is 10.3. The summed E-state index contributed by atoms with van der Waals surface area (Å²) in [4.78, 5) is 10.3. The molecule has 0 radical (unpaired) electrons. The summed E-state index contributed by atoms with van der Waals surface area (Å²) in [5.74, 6) is 0. The van der Waals surface area contributed by atoms with Gasteiger partial charge in [0.25, 0.3) is 0 Å². The zero-order valence-electron chi connectivity index (χ0n) is 8.58. The molecule has 0 unspecified atom stereocenters. The maximum Gasteiger partial charge on any atom is 0.134 e. The number of fused-ring (bicyclic) bond motifs is 2. The van der Waals surface area contributed by atoms with Crippen LogP contribution >= 0.6 is 34.0 Å². The van der Waals surface area contributed by atoms with Crippen molar-refractivity contribution in [2.45, 2.75) is 0 Å². The summed E-state index contributed by atoms with van der Waals surface area (Å²) in [6, 6.07) is 8.45. The van der Waals surface area contributed by atoms with Crippen LogP contribution in [0.1, 0.15) is 0 Å². The van der Waals surface area contributed by atoms with Gasteiger partial charge < -0.3 is 0 Å². The molecule has 4 rings (SSSR count). The Balaban J connectivity index is 2.02. The molecular formula is C12H6N2S3. The fourth-order valence-electron chi connectivity index (χ4n) is 1.78. The van der Waals surface area contributed by atoms with Crippen molar-refractivity contribution in [1.29, 1.82) is 0 Å².